The van der Waals surface area contributed by atoms with Crippen LogP contribution in [0, 0.1) is 18.7 Å². The Bertz CT molecular complexity index is 1210. The summed E-state index contributed by atoms with van der Waals surface area (Å²) in [6.45, 7) is 4.76. The van der Waals surface area contributed by atoms with Crippen molar-refractivity contribution in [2.24, 2.45) is 0 Å². The van der Waals surface area contributed by atoms with Gasteiger partial charge in [0.25, 0.3) is 10.0 Å². The molecule has 0 radical (unpaired) electrons. The number of hydrogen-bond acceptors (Lipinski definition) is 6. The highest BCUT2D eigenvalue weighted by Crippen LogP contribution is 2.32. The minimum atomic E-state index is -3.93. The Morgan fingerprint density at radius 2 is 1.88 bits per heavy atom. The summed E-state index contributed by atoms with van der Waals surface area (Å²) in [5.41, 5.74) is 2.24. The number of nitrogens with zero attached hydrogens (tertiary/aromatic N) is 2. The molecule has 2 N–H and O–H groups in total. The molecular formula is C22H24F2N4O2S2. The molecule has 0 saturated carbocycles. The Kier molecular flexibility index (Phi) is 6.73. The summed E-state index contributed by atoms with van der Waals surface area (Å²) in [6, 6.07) is 10.5. The van der Waals surface area contributed by atoms with Crippen LogP contribution in [0.25, 0.3) is 0 Å². The fourth-order valence-corrected chi connectivity index (χ4v) is 6.15. The van der Waals surface area contributed by atoms with Crippen molar-refractivity contribution in [3.05, 3.63) is 70.9 Å². The molecule has 32 heavy (non-hydrogen) atoms. The average molecular weight is 479 g/mol. The molecule has 3 heterocycles. The summed E-state index contributed by atoms with van der Waals surface area (Å²) in [5.74, 6) is -1.15. The minimum absolute atomic E-state index is 0.0642. The van der Waals surface area contributed by atoms with Gasteiger partial charge in [0.1, 0.15) is 15.8 Å². The molecular weight excluding hydrogens is 454 g/mol. The fourth-order valence-electron chi connectivity index (χ4n) is 3.71. The average Bonchev–Trinajstić information content (AvgIpc) is 3.37. The lowest BCUT2D eigenvalue weighted by molar-refractivity contribution is 0.329. The number of aryl methyl sites for hydroxylation is 1. The molecule has 3 aromatic rings. The Morgan fingerprint density at radius 3 is 2.62 bits per heavy atom. The number of anilines is 2. The summed E-state index contributed by atoms with van der Waals surface area (Å²) < 4.78 is 55.6. The number of hydrogen-bond donors (Lipinski definition) is 2. The van der Waals surface area contributed by atoms with Gasteiger partial charge in [0.2, 0.25) is 5.95 Å². The van der Waals surface area contributed by atoms with Gasteiger partial charge in [0.15, 0.2) is 0 Å². The molecule has 0 spiro atoms. The maximum absolute atomic E-state index is 14.6. The molecule has 1 fully saturated rings. The fraction of sp³-hybridized carbons (Fsp3) is 0.318. The molecule has 6 nitrogen and oxygen atoms in total. The molecule has 0 amide bonds. The third-order valence-corrected chi connectivity index (χ3v) is 8.37. The predicted molar refractivity (Wildman–Crippen MR) is 122 cm³/mol. The van der Waals surface area contributed by atoms with Crippen LogP contribution >= 0.6 is 11.3 Å². The Labute approximate surface area is 190 Å². The normalized spacial score (nSPS) is 14.6. The highest BCUT2D eigenvalue weighted by molar-refractivity contribution is 7.94. The largest absolute Gasteiger partial charge is 0.372 e. The topological polar surface area (TPSA) is 74.3 Å². The zero-order chi connectivity index (χ0) is 22.7. The van der Waals surface area contributed by atoms with Crippen molar-refractivity contribution in [3.8, 4) is 0 Å². The van der Waals surface area contributed by atoms with Crippen molar-refractivity contribution in [1.29, 1.82) is 0 Å². The van der Waals surface area contributed by atoms with Crippen LogP contribution in [-0.2, 0) is 23.1 Å². The maximum Gasteiger partial charge on any atom is 0.272 e. The van der Waals surface area contributed by atoms with E-state index in [1.807, 2.05) is 6.07 Å². The van der Waals surface area contributed by atoms with Crippen molar-refractivity contribution in [1.82, 2.24) is 9.88 Å². The number of rotatable bonds is 8. The Hall–Kier alpha value is -2.56. The number of nitrogens with one attached hydrogen (secondary N) is 2. The van der Waals surface area contributed by atoms with E-state index < -0.39 is 16.0 Å². The van der Waals surface area contributed by atoms with Crippen LogP contribution in [0.4, 0.5) is 19.6 Å². The Balaban J connectivity index is 1.49. The molecule has 1 saturated heterocycles. The lowest BCUT2D eigenvalue weighted by atomic mass is 10.1. The first-order valence-electron chi connectivity index (χ1n) is 10.3. The van der Waals surface area contributed by atoms with Gasteiger partial charge < -0.3 is 5.32 Å². The van der Waals surface area contributed by atoms with Crippen molar-refractivity contribution in [2.45, 2.75) is 37.1 Å². The number of sulfonamides is 1. The first kappa shape index (κ1) is 22.6. The minimum Gasteiger partial charge on any atom is -0.372 e. The summed E-state index contributed by atoms with van der Waals surface area (Å²) in [5, 5.41) is 3.83. The van der Waals surface area contributed by atoms with E-state index in [0.29, 0.717) is 17.1 Å². The molecule has 0 unspecified atom stereocenters. The van der Waals surface area contributed by atoms with Crippen molar-refractivity contribution in [2.75, 3.05) is 23.1 Å². The summed E-state index contributed by atoms with van der Waals surface area (Å²) in [4.78, 5) is 5.85. The van der Waals surface area contributed by atoms with E-state index in [1.165, 1.54) is 24.3 Å². The van der Waals surface area contributed by atoms with Crippen LogP contribution < -0.4 is 10.0 Å². The van der Waals surface area contributed by atoms with E-state index in [4.69, 9.17) is 0 Å². The van der Waals surface area contributed by atoms with Crippen LogP contribution in [0.3, 0.4) is 0 Å². The third kappa shape index (κ3) is 5.25. The van der Waals surface area contributed by atoms with Gasteiger partial charge in [-0.05, 0) is 68.2 Å². The quantitative estimate of drug-likeness (QED) is 0.458. The zero-order valence-electron chi connectivity index (χ0n) is 17.6. The molecule has 170 valence electrons. The predicted octanol–water partition coefficient (Wildman–Crippen LogP) is 4.74. The second-order valence-corrected chi connectivity index (χ2v) is 10.7. The molecule has 2 aromatic heterocycles. The van der Waals surface area contributed by atoms with E-state index in [0.717, 1.165) is 54.5 Å². The summed E-state index contributed by atoms with van der Waals surface area (Å²) in [7, 11) is -3.93. The van der Waals surface area contributed by atoms with Gasteiger partial charge >= 0.3 is 0 Å². The summed E-state index contributed by atoms with van der Waals surface area (Å²) >= 11 is 1.04. The number of thiophene rings is 1. The van der Waals surface area contributed by atoms with E-state index in [2.05, 4.69) is 19.9 Å². The van der Waals surface area contributed by atoms with Gasteiger partial charge in [0, 0.05) is 18.7 Å². The molecule has 1 aromatic carbocycles. The van der Waals surface area contributed by atoms with E-state index >= 15 is 0 Å². The number of pyridine rings is 1. The number of likely N-dealkylation sites (tertiary alicyclic amines) is 1. The molecule has 1 aliphatic rings. The standard InChI is InChI=1S/C22H24F2N4O2S2/c1-15-12-21(32(29,30)27-20-9-5-8-19(24)26-20)31-22(15)25-13-17-16(6-4-7-18(17)23)14-28-10-2-3-11-28/h4-9,12,25H,2-3,10-11,13-14H2,1H3,(H,26,27). The van der Waals surface area contributed by atoms with Crippen molar-refractivity contribution >= 4 is 32.2 Å². The third-order valence-electron chi connectivity index (χ3n) is 5.35. The zero-order valence-corrected chi connectivity index (χ0v) is 19.2. The van der Waals surface area contributed by atoms with Crippen LogP contribution in [-0.4, -0.2) is 31.4 Å². The molecule has 0 aliphatic carbocycles. The molecule has 0 atom stereocenters. The monoisotopic (exact) mass is 478 g/mol. The molecule has 10 heteroatoms. The Morgan fingerprint density at radius 1 is 1.12 bits per heavy atom. The van der Waals surface area contributed by atoms with Gasteiger partial charge in [-0.25, -0.2) is 17.8 Å². The second kappa shape index (κ2) is 9.51. The van der Waals surface area contributed by atoms with E-state index in [1.54, 1.807) is 13.0 Å². The van der Waals surface area contributed by atoms with Gasteiger partial charge in [0.05, 0.1) is 5.00 Å². The number of aromatic nitrogens is 1. The molecule has 4 rings (SSSR count). The highest BCUT2D eigenvalue weighted by Gasteiger charge is 2.21. The van der Waals surface area contributed by atoms with Gasteiger partial charge in [-0.15, -0.1) is 11.3 Å². The first-order chi connectivity index (χ1) is 15.3. The van der Waals surface area contributed by atoms with Gasteiger partial charge in [-0.1, -0.05) is 18.2 Å². The maximum atomic E-state index is 14.6. The van der Waals surface area contributed by atoms with Crippen LogP contribution in [0.15, 0.2) is 46.7 Å². The second-order valence-electron chi connectivity index (χ2n) is 7.74. The molecule has 1 aliphatic heterocycles. The van der Waals surface area contributed by atoms with Crippen LogP contribution in [0.2, 0.25) is 0 Å². The van der Waals surface area contributed by atoms with E-state index in [9.17, 15) is 17.2 Å². The van der Waals surface area contributed by atoms with Gasteiger partial charge in [-0.2, -0.15) is 4.39 Å². The van der Waals surface area contributed by atoms with Crippen LogP contribution in [0.5, 0.6) is 0 Å². The SMILES string of the molecule is Cc1cc(S(=O)(=O)Nc2cccc(F)n2)sc1NCc1c(F)cccc1CN1CCCC1. The molecule has 0 bridgehead atoms. The van der Waals surface area contributed by atoms with E-state index in [-0.39, 0.29) is 22.4 Å². The van der Waals surface area contributed by atoms with Crippen molar-refractivity contribution in [3.63, 3.8) is 0 Å². The highest BCUT2D eigenvalue weighted by atomic mass is 32.2. The van der Waals surface area contributed by atoms with Gasteiger partial charge in [-0.3, -0.25) is 9.62 Å². The van der Waals surface area contributed by atoms with Crippen molar-refractivity contribution < 1.29 is 17.2 Å². The number of halogens is 2. The smallest absolute Gasteiger partial charge is 0.272 e. The lowest BCUT2D eigenvalue weighted by Crippen LogP contribution is -2.20. The summed E-state index contributed by atoms with van der Waals surface area (Å²) in [6.07, 6.45) is 2.32. The lowest BCUT2D eigenvalue weighted by Gasteiger charge is -2.18. The number of benzene rings is 1. The van der Waals surface area contributed by atoms with Crippen LogP contribution in [0.1, 0.15) is 29.5 Å². The first-order valence-corrected chi connectivity index (χ1v) is 12.6.